The Kier molecular flexibility index (Phi) is 7.85. The number of benzene rings is 3. The molecule has 0 amide bonds. The third-order valence-corrected chi connectivity index (χ3v) is 7.56. The van der Waals surface area contributed by atoms with Crippen molar-refractivity contribution in [1.82, 2.24) is 8.75 Å². The summed E-state index contributed by atoms with van der Waals surface area (Å²) in [6.07, 6.45) is -0.320. The molecule has 0 spiro atoms. The van der Waals surface area contributed by atoms with Gasteiger partial charge >= 0.3 is 5.97 Å². The monoisotopic (exact) mass is 618 g/mol. The average Bonchev–Trinajstić information content (AvgIpc) is 3.67. The Morgan fingerprint density at radius 1 is 0.841 bits per heavy atom. The van der Waals surface area contributed by atoms with Crippen molar-refractivity contribution in [3.8, 4) is 28.7 Å². The number of esters is 1. The fraction of sp³-hybridized carbons (Fsp3) is 0.364. The predicted molar refractivity (Wildman–Crippen MR) is 164 cm³/mol. The maximum Gasteiger partial charge on any atom is 0.342 e. The van der Waals surface area contributed by atoms with Crippen molar-refractivity contribution >= 4 is 34.3 Å². The van der Waals surface area contributed by atoms with E-state index in [-0.39, 0.29) is 37.1 Å². The largest absolute Gasteiger partial charge is 0.487 e. The number of hydrogen-bond donors (Lipinski definition) is 1. The van der Waals surface area contributed by atoms with Gasteiger partial charge < -0.3 is 33.5 Å². The molecule has 0 fully saturated rings. The van der Waals surface area contributed by atoms with E-state index in [1.807, 2.05) is 53.7 Å². The molecule has 6 rings (SSSR count). The van der Waals surface area contributed by atoms with Crippen LogP contribution < -0.4 is 23.7 Å². The Morgan fingerprint density at radius 3 is 2.18 bits per heavy atom. The lowest BCUT2D eigenvalue weighted by Gasteiger charge is -2.27. The second-order valence-corrected chi connectivity index (χ2v) is 12.0. The number of carbonyl (C=O) groups excluding carboxylic acids is 1. The zero-order valence-corrected chi connectivity index (χ0v) is 26.2. The van der Waals surface area contributed by atoms with Crippen LogP contribution in [0.5, 0.6) is 28.7 Å². The van der Waals surface area contributed by atoms with Crippen molar-refractivity contribution in [2.45, 2.75) is 72.1 Å². The molecule has 4 aromatic rings. The molecular weight excluding hydrogens is 584 g/mol. The molecule has 1 atom stereocenters. The van der Waals surface area contributed by atoms with Crippen LogP contribution in [0, 0.1) is 0 Å². The minimum absolute atomic E-state index is 0.0861. The van der Waals surface area contributed by atoms with Crippen LogP contribution in [0.3, 0.4) is 0 Å². The molecule has 230 valence electrons. The van der Waals surface area contributed by atoms with Crippen molar-refractivity contribution in [2.24, 2.45) is 0 Å². The summed E-state index contributed by atoms with van der Waals surface area (Å²) >= 11 is 1.07. The van der Waals surface area contributed by atoms with Crippen LogP contribution in [0.25, 0.3) is 16.6 Å². The first-order chi connectivity index (χ1) is 21.0. The lowest BCUT2D eigenvalue weighted by atomic mass is 9.87. The minimum atomic E-state index is -2.09. The second kappa shape index (κ2) is 11.6. The maximum absolute atomic E-state index is 13.7. The Morgan fingerprint density at radius 2 is 1.50 bits per heavy atom. The number of cyclic esters (lactones) is 1. The highest BCUT2D eigenvalue weighted by atomic mass is 32.1. The van der Waals surface area contributed by atoms with Crippen LogP contribution in [0.1, 0.15) is 58.2 Å². The van der Waals surface area contributed by atoms with Gasteiger partial charge in [-0.15, -0.1) is 0 Å². The van der Waals surface area contributed by atoms with Crippen LogP contribution >= 0.6 is 11.7 Å². The van der Waals surface area contributed by atoms with E-state index in [2.05, 4.69) is 8.75 Å². The molecule has 1 N–H and O–H groups in total. The van der Waals surface area contributed by atoms with E-state index in [4.69, 9.17) is 28.4 Å². The molecule has 0 aliphatic carbocycles. The summed E-state index contributed by atoms with van der Waals surface area (Å²) in [7, 11) is 0. The lowest BCUT2D eigenvalue weighted by molar-refractivity contribution is -0.185. The first kappa shape index (κ1) is 29.7. The van der Waals surface area contributed by atoms with Gasteiger partial charge in [0.25, 0.3) is 5.79 Å². The van der Waals surface area contributed by atoms with Gasteiger partial charge in [0.15, 0.2) is 23.0 Å². The van der Waals surface area contributed by atoms with Gasteiger partial charge in [-0.1, -0.05) is 6.07 Å². The van der Waals surface area contributed by atoms with Gasteiger partial charge in [-0.05, 0) is 95.1 Å². The number of rotatable bonds is 10. The SMILES string of the molecule is CC(C)Oc1cc(CC2=C(c3ccc4c(c3)OCO4)C(=O)OC2(O)c2ccc3nsnc3c2)cc(OC(C)C)c1OC(C)C. The molecule has 2 aliphatic rings. The number of ether oxygens (including phenoxy) is 6. The zero-order chi connectivity index (χ0) is 31.2. The van der Waals surface area contributed by atoms with Gasteiger partial charge in [0.05, 0.1) is 35.6 Å². The standard InChI is InChI=1S/C33H34N2O8S/c1-17(2)40-28-12-20(13-29(41-18(3)4)31(28)42-19(5)6)11-23-30(21-7-10-26-27(14-21)39-16-38-26)32(36)43-33(23,37)22-8-9-24-25(15-22)35-44-34-24/h7-10,12-15,17-19,37H,11,16H2,1-6H3. The van der Waals surface area contributed by atoms with Crippen molar-refractivity contribution in [2.75, 3.05) is 6.79 Å². The predicted octanol–water partition coefficient (Wildman–Crippen LogP) is 6.18. The van der Waals surface area contributed by atoms with Gasteiger partial charge in [-0.3, -0.25) is 0 Å². The normalized spacial score (nSPS) is 17.7. The molecule has 3 heterocycles. The minimum Gasteiger partial charge on any atom is -0.487 e. The number of carbonyl (C=O) groups is 1. The van der Waals surface area contributed by atoms with E-state index in [9.17, 15) is 9.90 Å². The number of hydrogen-bond acceptors (Lipinski definition) is 11. The second-order valence-electron chi connectivity index (χ2n) is 11.5. The lowest BCUT2D eigenvalue weighted by Crippen LogP contribution is -2.29. The van der Waals surface area contributed by atoms with Crippen molar-refractivity contribution in [1.29, 1.82) is 0 Å². The van der Waals surface area contributed by atoms with Crippen LogP contribution in [-0.2, 0) is 21.7 Å². The molecule has 0 saturated heterocycles. The number of nitrogens with zero attached hydrogens (tertiary/aromatic N) is 2. The first-order valence-corrected chi connectivity index (χ1v) is 15.2. The Balaban J connectivity index is 1.54. The molecule has 0 radical (unpaired) electrons. The van der Waals surface area contributed by atoms with Crippen LogP contribution in [0.15, 0.2) is 54.1 Å². The quantitative estimate of drug-likeness (QED) is 0.206. The maximum atomic E-state index is 13.7. The van der Waals surface area contributed by atoms with Gasteiger partial charge in [-0.25, -0.2) is 4.79 Å². The van der Waals surface area contributed by atoms with Gasteiger partial charge in [0.1, 0.15) is 11.0 Å². The Hall–Kier alpha value is -4.35. The smallest absolute Gasteiger partial charge is 0.342 e. The first-order valence-electron chi connectivity index (χ1n) is 14.5. The van der Waals surface area contributed by atoms with Gasteiger partial charge in [0, 0.05) is 17.6 Å². The number of fused-ring (bicyclic) bond motifs is 2. The van der Waals surface area contributed by atoms with Crippen LogP contribution in [-0.4, -0.2) is 44.9 Å². The molecule has 10 nitrogen and oxygen atoms in total. The molecule has 1 aromatic heterocycles. The third kappa shape index (κ3) is 5.65. The summed E-state index contributed by atoms with van der Waals surface area (Å²) in [5.74, 6) is -0.201. The molecule has 0 bridgehead atoms. The number of aliphatic hydroxyl groups is 1. The highest BCUT2D eigenvalue weighted by Crippen LogP contribution is 2.48. The zero-order valence-electron chi connectivity index (χ0n) is 25.4. The Labute approximate surface area is 259 Å². The summed E-state index contributed by atoms with van der Waals surface area (Å²) < 4.78 is 44.1. The van der Waals surface area contributed by atoms with Crippen LogP contribution in [0.4, 0.5) is 0 Å². The Bertz CT molecular complexity index is 1730. The van der Waals surface area contributed by atoms with Gasteiger partial charge in [-0.2, -0.15) is 8.75 Å². The number of aromatic nitrogens is 2. The fourth-order valence-corrected chi connectivity index (χ4v) is 5.81. The molecule has 44 heavy (non-hydrogen) atoms. The van der Waals surface area contributed by atoms with E-state index >= 15 is 0 Å². The summed E-state index contributed by atoms with van der Waals surface area (Å²) in [5, 5.41) is 12.3. The summed E-state index contributed by atoms with van der Waals surface area (Å²) in [6.45, 7) is 11.7. The molecular formula is C33H34N2O8S. The third-order valence-electron chi connectivity index (χ3n) is 7.00. The van der Waals surface area contributed by atoms with Crippen LogP contribution in [0.2, 0.25) is 0 Å². The van der Waals surface area contributed by atoms with Gasteiger partial charge in [0.2, 0.25) is 12.5 Å². The summed E-state index contributed by atoms with van der Waals surface area (Å²) in [6, 6.07) is 14.0. The van der Waals surface area contributed by atoms with Crippen molar-refractivity contribution in [3.05, 3.63) is 70.8 Å². The van der Waals surface area contributed by atoms with E-state index < -0.39 is 11.8 Å². The highest BCUT2D eigenvalue weighted by molar-refractivity contribution is 7.00. The summed E-state index contributed by atoms with van der Waals surface area (Å²) in [4.78, 5) is 13.7. The fourth-order valence-electron chi connectivity index (χ4n) is 5.29. The molecule has 1 unspecified atom stereocenters. The molecule has 3 aromatic carbocycles. The topological polar surface area (TPSA) is 118 Å². The average molecular weight is 619 g/mol. The molecule has 2 aliphatic heterocycles. The highest BCUT2D eigenvalue weighted by Gasteiger charge is 2.48. The van der Waals surface area contributed by atoms with Crippen molar-refractivity contribution < 1.29 is 38.3 Å². The molecule has 11 heteroatoms. The molecule has 0 saturated carbocycles. The van der Waals surface area contributed by atoms with Crippen molar-refractivity contribution in [3.63, 3.8) is 0 Å². The van der Waals surface area contributed by atoms with E-state index in [1.54, 1.807) is 36.4 Å². The van der Waals surface area contributed by atoms with E-state index in [1.165, 1.54) is 0 Å². The van der Waals surface area contributed by atoms with E-state index in [0.29, 0.717) is 62.0 Å². The summed E-state index contributed by atoms with van der Waals surface area (Å²) in [5.41, 5.74) is 3.43. The van der Waals surface area contributed by atoms with E-state index in [0.717, 1.165) is 11.7 Å².